The van der Waals surface area contributed by atoms with Crippen LogP contribution in [0.1, 0.15) is 50.2 Å². The lowest BCUT2D eigenvalue weighted by Crippen LogP contribution is -2.80. The maximum absolute atomic E-state index is 13.0. The number of nitrogens with zero attached hydrogens (tertiary/aromatic N) is 1. The molecule has 2 saturated carbocycles. The molecule has 1 spiro atoms. The first-order valence-corrected chi connectivity index (χ1v) is 10.9. The van der Waals surface area contributed by atoms with Gasteiger partial charge in [0.2, 0.25) is 0 Å². The maximum atomic E-state index is 13.0. The molecule has 6 nitrogen and oxygen atoms in total. The van der Waals surface area contributed by atoms with Gasteiger partial charge in [-0.15, -0.1) is 0 Å². The molecule has 5 atom stereocenters. The molecule has 0 radical (unpaired) electrons. The van der Waals surface area contributed by atoms with E-state index in [1.165, 1.54) is 19.8 Å². The molecule has 3 fully saturated rings. The summed E-state index contributed by atoms with van der Waals surface area (Å²) in [6.45, 7) is 3.41. The molecule has 29 heavy (non-hydrogen) atoms. The Bertz CT molecular complexity index is 955. The monoisotopic (exact) mass is 398 g/mol. The number of hydrogen-bond donors (Lipinski definition) is 1. The van der Waals surface area contributed by atoms with Gasteiger partial charge in [0, 0.05) is 37.7 Å². The van der Waals surface area contributed by atoms with Gasteiger partial charge in [-0.1, -0.05) is 6.07 Å². The van der Waals surface area contributed by atoms with E-state index in [1.807, 2.05) is 6.07 Å². The van der Waals surface area contributed by atoms with E-state index < -0.39 is 23.1 Å². The van der Waals surface area contributed by atoms with Crippen molar-refractivity contribution in [2.75, 3.05) is 20.1 Å². The molecule has 5 aliphatic rings. The Hall–Kier alpha value is -1.92. The van der Waals surface area contributed by atoms with Gasteiger partial charge in [-0.2, -0.15) is 0 Å². The summed E-state index contributed by atoms with van der Waals surface area (Å²) in [5, 5.41) is 12.3. The van der Waals surface area contributed by atoms with Crippen molar-refractivity contribution >= 4 is 11.8 Å². The molecule has 2 aliphatic heterocycles. The van der Waals surface area contributed by atoms with Gasteiger partial charge in [0.25, 0.3) is 0 Å². The fourth-order valence-electron chi connectivity index (χ4n) is 7.16. The van der Waals surface area contributed by atoms with E-state index in [-0.39, 0.29) is 11.8 Å². The number of quaternary nitrogens is 1. The van der Waals surface area contributed by atoms with Crippen LogP contribution in [-0.2, 0) is 21.4 Å². The van der Waals surface area contributed by atoms with Crippen LogP contribution in [0.15, 0.2) is 12.1 Å². The number of rotatable bonds is 3. The second-order valence-corrected chi connectivity index (χ2v) is 10.2. The number of ketones is 1. The molecule has 0 aromatic heterocycles. The zero-order valence-corrected chi connectivity index (χ0v) is 17.1. The molecular formula is C23H28NO5+. The molecule has 6 rings (SSSR count). The van der Waals surface area contributed by atoms with E-state index >= 15 is 0 Å². The Balaban J connectivity index is 1.57. The van der Waals surface area contributed by atoms with Crippen molar-refractivity contribution in [3.63, 3.8) is 0 Å². The van der Waals surface area contributed by atoms with Gasteiger partial charge >= 0.3 is 5.97 Å². The van der Waals surface area contributed by atoms with Crippen molar-refractivity contribution in [1.29, 1.82) is 0 Å². The minimum Gasteiger partial charge on any atom is -0.477 e. The average molecular weight is 398 g/mol. The Morgan fingerprint density at radius 2 is 2.14 bits per heavy atom. The lowest BCUT2D eigenvalue weighted by Gasteiger charge is -2.64. The standard InChI is InChI=1S/C23H28NO5/c1-13(25)28-17-6-5-15-11-18-23(27)8-7-16(26)21-22(23,19(15)20(17)29-21)9-10-24(18,2)12-14-3-4-14/h5-6,14,18,21,27H,3-4,7-12H2,1-2H3/q+1. The largest absolute Gasteiger partial charge is 0.477 e. The molecule has 5 unspecified atom stereocenters. The van der Waals surface area contributed by atoms with E-state index in [2.05, 4.69) is 7.05 Å². The van der Waals surface area contributed by atoms with Gasteiger partial charge in [0.1, 0.15) is 11.6 Å². The summed E-state index contributed by atoms with van der Waals surface area (Å²) in [6.07, 6.45) is 4.24. The number of carbonyl (C=O) groups excluding carboxylic acids is 2. The highest BCUT2D eigenvalue weighted by Gasteiger charge is 2.76. The minimum atomic E-state index is -0.972. The van der Waals surface area contributed by atoms with Crippen LogP contribution < -0.4 is 9.47 Å². The maximum Gasteiger partial charge on any atom is 0.308 e. The number of carbonyl (C=O) groups is 2. The normalized spacial score (nSPS) is 41.6. The third kappa shape index (κ3) is 2.09. The lowest BCUT2D eigenvalue weighted by molar-refractivity contribution is -0.950. The highest BCUT2D eigenvalue weighted by Crippen LogP contribution is 2.66. The van der Waals surface area contributed by atoms with Crippen molar-refractivity contribution in [2.24, 2.45) is 5.92 Å². The first kappa shape index (κ1) is 17.9. The van der Waals surface area contributed by atoms with E-state index in [0.29, 0.717) is 24.3 Å². The number of hydrogen-bond acceptors (Lipinski definition) is 5. The predicted octanol–water partition coefficient (Wildman–Crippen LogP) is 1.89. The van der Waals surface area contributed by atoms with Crippen LogP contribution in [0.5, 0.6) is 11.5 Å². The number of esters is 1. The number of piperidine rings is 1. The van der Waals surface area contributed by atoms with Crippen LogP contribution in [0.25, 0.3) is 0 Å². The zero-order chi connectivity index (χ0) is 20.2. The first-order valence-electron chi connectivity index (χ1n) is 10.9. The number of benzene rings is 1. The van der Waals surface area contributed by atoms with Crippen LogP contribution in [0.3, 0.4) is 0 Å². The van der Waals surface area contributed by atoms with E-state index in [1.54, 1.807) is 6.07 Å². The Labute approximate surface area is 170 Å². The number of ether oxygens (including phenoxy) is 2. The zero-order valence-electron chi connectivity index (χ0n) is 17.1. The number of likely N-dealkylation sites (N-methyl/N-ethyl adjacent to an activating group) is 1. The smallest absolute Gasteiger partial charge is 0.308 e. The Morgan fingerprint density at radius 3 is 2.86 bits per heavy atom. The molecule has 3 aliphatic carbocycles. The van der Waals surface area contributed by atoms with Crippen molar-refractivity contribution in [1.82, 2.24) is 0 Å². The van der Waals surface area contributed by atoms with Crippen molar-refractivity contribution in [3.8, 4) is 11.5 Å². The lowest BCUT2D eigenvalue weighted by atomic mass is 9.48. The third-order valence-corrected chi connectivity index (χ3v) is 8.51. The molecule has 2 bridgehead atoms. The van der Waals surface area contributed by atoms with Crippen LogP contribution >= 0.6 is 0 Å². The van der Waals surface area contributed by atoms with E-state index in [0.717, 1.165) is 47.5 Å². The second-order valence-electron chi connectivity index (χ2n) is 10.2. The Morgan fingerprint density at radius 1 is 1.34 bits per heavy atom. The Kier molecular flexibility index (Phi) is 3.34. The van der Waals surface area contributed by atoms with Gasteiger partial charge in [-0.05, 0) is 30.9 Å². The molecule has 1 aromatic rings. The number of likely N-dealkylation sites (tertiary alicyclic amines) is 1. The molecule has 1 N–H and O–H groups in total. The summed E-state index contributed by atoms with van der Waals surface area (Å²) >= 11 is 0. The van der Waals surface area contributed by atoms with Gasteiger partial charge in [-0.25, -0.2) is 0 Å². The highest BCUT2D eigenvalue weighted by molar-refractivity contribution is 5.90. The minimum absolute atomic E-state index is 0.0598. The summed E-state index contributed by atoms with van der Waals surface area (Å²) in [7, 11) is 2.30. The van der Waals surface area contributed by atoms with Crippen LogP contribution in [0.2, 0.25) is 0 Å². The summed E-state index contributed by atoms with van der Waals surface area (Å²) < 4.78 is 12.6. The molecule has 0 amide bonds. The summed E-state index contributed by atoms with van der Waals surface area (Å²) in [6, 6.07) is 3.87. The SMILES string of the molecule is CC(=O)Oc1ccc2c3c1OC1C(=O)CCC4(O)C(C2)[N+](C)(CC2CC2)CCC314. The van der Waals surface area contributed by atoms with Crippen LogP contribution in [0, 0.1) is 5.92 Å². The summed E-state index contributed by atoms with van der Waals surface area (Å²) in [5.74, 6) is 1.29. The quantitative estimate of drug-likeness (QED) is 0.478. The van der Waals surface area contributed by atoms with Crippen molar-refractivity contribution in [3.05, 3.63) is 23.3 Å². The number of Topliss-reactive ketones (excluding diaryl/α,β-unsaturated/α-hetero) is 1. The van der Waals surface area contributed by atoms with Gasteiger partial charge in [0.15, 0.2) is 23.4 Å². The van der Waals surface area contributed by atoms with Gasteiger partial charge in [0.05, 0.1) is 25.6 Å². The van der Waals surface area contributed by atoms with Gasteiger partial charge < -0.3 is 19.1 Å². The fraction of sp³-hybridized carbons (Fsp3) is 0.652. The highest BCUT2D eigenvalue weighted by atomic mass is 16.6. The van der Waals surface area contributed by atoms with E-state index in [9.17, 15) is 14.7 Å². The molecule has 6 heteroatoms. The second kappa shape index (κ2) is 5.41. The molecule has 2 heterocycles. The molecular weight excluding hydrogens is 370 g/mol. The number of aliphatic hydroxyl groups is 1. The van der Waals surface area contributed by atoms with E-state index in [4.69, 9.17) is 9.47 Å². The third-order valence-electron chi connectivity index (χ3n) is 8.51. The van der Waals surface area contributed by atoms with Crippen LogP contribution in [-0.4, -0.2) is 59.2 Å². The predicted molar refractivity (Wildman–Crippen MR) is 104 cm³/mol. The van der Waals surface area contributed by atoms with Gasteiger partial charge in [-0.3, -0.25) is 9.59 Å². The van der Waals surface area contributed by atoms with Crippen molar-refractivity contribution < 1.29 is 28.7 Å². The first-order chi connectivity index (χ1) is 13.8. The molecule has 1 saturated heterocycles. The van der Waals surface area contributed by atoms with Crippen LogP contribution in [0.4, 0.5) is 0 Å². The molecule has 1 aromatic carbocycles. The molecule has 154 valence electrons. The summed E-state index contributed by atoms with van der Waals surface area (Å²) in [4.78, 5) is 24.6. The summed E-state index contributed by atoms with van der Waals surface area (Å²) in [5.41, 5.74) is 0.391. The average Bonchev–Trinajstić information content (AvgIpc) is 3.38. The fourth-order valence-corrected chi connectivity index (χ4v) is 7.16. The van der Waals surface area contributed by atoms with Crippen molar-refractivity contribution in [2.45, 2.75) is 68.6 Å². The topological polar surface area (TPSA) is 72.8 Å².